The van der Waals surface area contributed by atoms with Gasteiger partial charge < -0.3 is 24.5 Å². The topological polar surface area (TPSA) is 105 Å². The van der Waals surface area contributed by atoms with E-state index in [4.69, 9.17) is 4.74 Å². The highest BCUT2D eigenvalue weighted by molar-refractivity contribution is 5.99. The Morgan fingerprint density at radius 2 is 2.05 bits per heavy atom. The van der Waals surface area contributed by atoms with Crippen molar-refractivity contribution >= 4 is 22.8 Å². The fourth-order valence-corrected chi connectivity index (χ4v) is 4.19. The predicted octanol–water partition coefficient (Wildman–Crippen LogP) is 3.93. The molecule has 0 saturated heterocycles. The molecular formula is C28H30N6O3. The molecule has 1 saturated carbocycles. The zero-order chi connectivity index (χ0) is 25.9. The molecule has 190 valence electrons. The number of hydrogen-bond donors (Lipinski definition) is 2. The van der Waals surface area contributed by atoms with Crippen LogP contribution in [-0.4, -0.2) is 58.1 Å². The zero-order valence-electron chi connectivity index (χ0n) is 21.2. The second-order valence-electron chi connectivity index (χ2n) is 9.61. The van der Waals surface area contributed by atoms with E-state index in [2.05, 4.69) is 20.3 Å². The molecule has 0 spiro atoms. The zero-order valence-corrected chi connectivity index (χ0v) is 21.2. The lowest BCUT2D eigenvalue weighted by Crippen LogP contribution is -2.19. The average Bonchev–Trinajstić information content (AvgIpc) is 3.60. The van der Waals surface area contributed by atoms with Crippen molar-refractivity contribution in [1.82, 2.24) is 24.4 Å². The van der Waals surface area contributed by atoms with Crippen LogP contribution in [0, 0.1) is 5.92 Å². The van der Waals surface area contributed by atoms with E-state index in [9.17, 15) is 9.59 Å². The summed E-state index contributed by atoms with van der Waals surface area (Å²) in [4.78, 5) is 38.9. The van der Waals surface area contributed by atoms with Crippen LogP contribution >= 0.6 is 0 Å². The maximum absolute atomic E-state index is 12.4. The average molecular weight is 499 g/mol. The minimum atomic E-state index is -0.267. The van der Waals surface area contributed by atoms with Crippen LogP contribution in [0.1, 0.15) is 12.8 Å². The fraction of sp³-hybridized carbons (Fsp3) is 0.286. The van der Waals surface area contributed by atoms with E-state index < -0.39 is 0 Å². The third-order valence-corrected chi connectivity index (χ3v) is 6.31. The number of pyridine rings is 3. The van der Waals surface area contributed by atoms with Crippen molar-refractivity contribution in [2.24, 2.45) is 5.92 Å². The summed E-state index contributed by atoms with van der Waals surface area (Å²) in [5.74, 6) is 1.10. The molecule has 0 aromatic carbocycles. The van der Waals surface area contributed by atoms with Crippen molar-refractivity contribution in [1.29, 1.82) is 0 Å². The van der Waals surface area contributed by atoms with Crippen molar-refractivity contribution in [3.8, 4) is 28.1 Å². The number of ether oxygens (including phenoxy) is 1. The highest BCUT2D eigenvalue weighted by Crippen LogP contribution is 2.33. The van der Waals surface area contributed by atoms with Crippen LogP contribution in [0.3, 0.4) is 0 Å². The predicted molar refractivity (Wildman–Crippen MR) is 145 cm³/mol. The van der Waals surface area contributed by atoms with Crippen molar-refractivity contribution in [2.75, 3.05) is 33.1 Å². The first-order valence-electron chi connectivity index (χ1n) is 12.3. The molecule has 4 aromatic heterocycles. The largest absolute Gasteiger partial charge is 0.481 e. The Bertz CT molecular complexity index is 1530. The van der Waals surface area contributed by atoms with Gasteiger partial charge in [0, 0.05) is 72.0 Å². The van der Waals surface area contributed by atoms with E-state index in [1.807, 2.05) is 49.6 Å². The van der Waals surface area contributed by atoms with Crippen LogP contribution in [0.15, 0.2) is 65.9 Å². The van der Waals surface area contributed by atoms with E-state index in [0.29, 0.717) is 24.2 Å². The van der Waals surface area contributed by atoms with Crippen molar-refractivity contribution < 1.29 is 9.53 Å². The molecule has 37 heavy (non-hydrogen) atoms. The molecule has 4 heterocycles. The van der Waals surface area contributed by atoms with Crippen LogP contribution in [0.25, 0.3) is 33.3 Å². The third kappa shape index (κ3) is 5.78. The number of amides is 1. The molecule has 0 bridgehead atoms. The lowest BCUT2D eigenvalue weighted by atomic mass is 10.0. The Balaban J connectivity index is 1.47. The van der Waals surface area contributed by atoms with E-state index >= 15 is 0 Å². The number of H-pyrrole nitrogens is 1. The SMILES string of the molecule is COc1cc(-c2cnc3[nH]cc(-c4ccc(=O)n(CC5CC5)c4)c3c2)cc(NC(=O)/C=C/CN(C)C)n1. The van der Waals surface area contributed by atoms with E-state index in [-0.39, 0.29) is 11.5 Å². The van der Waals surface area contributed by atoms with Gasteiger partial charge in [-0.1, -0.05) is 6.08 Å². The Kier molecular flexibility index (Phi) is 6.87. The molecule has 2 N–H and O–H groups in total. The van der Waals surface area contributed by atoms with Gasteiger partial charge in [-0.25, -0.2) is 4.98 Å². The number of aromatic amines is 1. The number of aromatic nitrogens is 4. The molecule has 5 rings (SSSR count). The molecule has 0 radical (unpaired) electrons. The molecule has 0 aliphatic heterocycles. The summed E-state index contributed by atoms with van der Waals surface area (Å²) in [6.45, 7) is 1.42. The minimum absolute atomic E-state index is 0.0179. The maximum Gasteiger partial charge on any atom is 0.250 e. The van der Waals surface area contributed by atoms with Crippen molar-refractivity contribution in [2.45, 2.75) is 19.4 Å². The first-order valence-corrected chi connectivity index (χ1v) is 12.3. The normalized spacial score (nSPS) is 13.5. The summed E-state index contributed by atoms with van der Waals surface area (Å²) < 4.78 is 7.20. The fourth-order valence-electron chi connectivity index (χ4n) is 4.19. The number of hydrogen-bond acceptors (Lipinski definition) is 6. The maximum atomic E-state index is 12.4. The number of carbonyl (C=O) groups excluding carboxylic acids is 1. The molecule has 4 aromatic rings. The van der Waals surface area contributed by atoms with Crippen LogP contribution in [-0.2, 0) is 11.3 Å². The lowest BCUT2D eigenvalue weighted by molar-refractivity contribution is -0.111. The third-order valence-electron chi connectivity index (χ3n) is 6.31. The summed E-state index contributed by atoms with van der Waals surface area (Å²) in [5.41, 5.74) is 4.34. The number of anilines is 1. The Labute approximate surface area is 214 Å². The number of rotatable bonds is 9. The monoisotopic (exact) mass is 498 g/mol. The number of likely N-dealkylation sites (N-methyl/N-ethyl adjacent to an activating group) is 1. The van der Waals surface area contributed by atoms with Gasteiger partial charge in [0.25, 0.3) is 5.56 Å². The quantitative estimate of drug-likeness (QED) is 0.339. The molecule has 0 unspecified atom stereocenters. The summed E-state index contributed by atoms with van der Waals surface area (Å²) in [6, 6.07) is 9.13. The Morgan fingerprint density at radius 3 is 2.81 bits per heavy atom. The molecule has 1 amide bonds. The second-order valence-corrected chi connectivity index (χ2v) is 9.61. The number of carbonyl (C=O) groups is 1. The highest BCUT2D eigenvalue weighted by atomic mass is 16.5. The van der Waals surface area contributed by atoms with E-state index in [1.54, 1.807) is 29.0 Å². The number of fused-ring (bicyclic) bond motifs is 1. The summed E-state index contributed by atoms with van der Waals surface area (Å²) in [7, 11) is 5.41. The van der Waals surface area contributed by atoms with Crippen LogP contribution in [0.2, 0.25) is 0 Å². The summed E-state index contributed by atoms with van der Waals surface area (Å²) in [5, 5.41) is 3.74. The van der Waals surface area contributed by atoms with Gasteiger partial charge in [0.1, 0.15) is 11.5 Å². The molecule has 0 atom stereocenters. The molecule has 9 nitrogen and oxygen atoms in total. The van der Waals surface area contributed by atoms with E-state index in [1.165, 1.54) is 26.0 Å². The Morgan fingerprint density at radius 1 is 1.22 bits per heavy atom. The van der Waals surface area contributed by atoms with Gasteiger partial charge in [0.15, 0.2) is 0 Å². The van der Waals surface area contributed by atoms with Crippen LogP contribution < -0.4 is 15.6 Å². The van der Waals surface area contributed by atoms with Gasteiger partial charge in [0.2, 0.25) is 11.8 Å². The Hall–Kier alpha value is -4.24. The molecule has 1 fully saturated rings. The smallest absolute Gasteiger partial charge is 0.250 e. The molecule has 9 heteroatoms. The highest BCUT2D eigenvalue weighted by Gasteiger charge is 2.22. The standard InChI is InChI=1S/C28H30N6O3/c1-33(2)10-4-5-25(35)31-24-12-20(13-26(32-24)37-3)21-11-22-23(15-30-28(22)29-14-21)19-8-9-27(36)34(17-19)16-18-6-7-18/h4-5,8-9,11-15,17-18H,6-7,10,16H2,1-3H3,(H,29,30)(H,31,32,35)/b5-4+. The molecular weight excluding hydrogens is 468 g/mol. The van der Waals surface area contributed by atoms with Crippen LogP contribution in [0.5, 0.6) is 5.88 Å². The van der Waals surface area contributed by atoms with Crippen molar-refractivity contribution in [3.05, 3.63) is 71.4 Å². The van der Waals surface area contributed by atoms with Crippen LogP contribution in [0.4, 0.5) is 5.82 Å². The molecule has 1 aliphatic carbocycles. The number of nitrogens with one attached hydrogen (secondary N) is 2. The first-order chi connectivity index (χ1) is 17.9. The van der Waals surface area contributed by atoms with Gasteiger partial charge in [-0.3, -0.25) is 9.59 Å². The van der Waals surface area contributed by atoms with Crippen molar-refractivity contribution in [3.63, 3.8) is 0 Å². The lowest BCUT2D eigenvalue weighted by Gasteiger charge is -2.10. The van der Waals surface area contributed by atoms with Gasteiger partial charge in [-0.15, -0.1) is 0 Å². The molecule has 1 aliphatic rings. The first kappa shape index (κ1) is 24.5. The van der Waals surface area contributed by atoms with Gasteiger partial charge in [-0.05, 0) is 56.6 Å². The van der Waals surface area contributed by atoms with E-state index in [0.717, 1.165) is 39.8 Å². The van der Waals surface area contributed by atoms with Gasteiger partial charge in [0.05, 0.1) is 7.11 Å². The number of nitrogens with zero attached hydrogens (tertiary/aromatic N) is 4. The van der Waals surface area contributed by atoms with Gasteiger partial charge >= 0.3 is 0 Å². The minimum Gasteiger partial charge on any atom is -0.481 e. The number of methoxy groups -OCH3 is 1. The summed E-state index contributed by atoms with van der Waals surface area (Å²) >= 11 is 0. The summed E-state index contributed by atoms with van der Waals surface area (Å²) in [6.07, 6.45) is 11.3. The second kappa shape index (κ2) is 10.4. The van der Waals surface area contributed by atoms with Gasteiger partial charge in [-0.2, -0.15) is 4.98 Å².